The molecule has 7 heteroatoms. The number of rotatable bonds is 5. The quantitative estimate of drug-likeness (QED) is 0.686. The number of sulfonamides is 1. The Balaban J connectivity index is 2.80. The van der Waals surface area contributed by atoms with E-state index >= 15 is 0 Å². The van der Waals surface area contributed by atoms with Crippen LogP contribution >= 0.6 is 0 Å². The van der Waals surface area contributed by atoms with E-state index in [1.165, 1.54) is 19.1 Å². The summed E-state index contributed by atoms with van der Waals surface area (Å²) in [6.45, 7) is 1.29. The lowest BCUT2D eigenvalue weighted by Gasteiger charge is -2.15. The third kappa shape index (κ3) is 3.74. The molecule has 1 rings (SSSR count). The van der Waals surface area contributed by atoms with E-state index in [1.807, 2.05) is 0 Å². The van der Waals surface area contributed by atoms with Crippen LogP contribution in [0.15, 0.2) is 29.2 Å². The molecule has 2 atom stereocenters. The number of hydrogen-bond acceptors (Lipinski definition) is 4. The summed E-state index contributed by atoms with van der Waals surface area (Å²) in [5.74, 6) is -0.828. The number of aliphatic hydroxyl groups excluding tert-OH is 1. The van der Waals surface area contributed by atoms with Crippen LogP contribution < -0.4 is 10.5 Å². The molecule has 5 nitrogen and oxygen atoms in total. The summed E-state index contributed by atoms with van der Waals surface area (Å²) in [4.78, 5) is -0.433. The molecule has 0 heterocycles. The van der Waals surface area contributed by atoms with E-state index < -0.39 is 32.9 Å². The molecule has 0 radical (unpaired) electrons. The number of aliphatic hydroxyl groups is 1. The fourth-order valence-corrected chi connectivity index (χ4v) is 2.27. The van der Waals surface area contributed by atoms with Crippen molar-refractivity contribution >= 4 is 10.0 Å². The molecular formula is C10H15FN2O3S. The molecule has 0 aliphatic rings. The topological polar surface area (TPSA) is 92.4 Å². The maximum atomic E-state index is 13.3. The lowest BCUT2D eigenvalue weighted by molar-refractivity contribution is 0.164. The molecule has 96 valence electrons. The molecule has 1 aromatic carbocycles. The van der Waals surface area contributed by atoms with Gasteiger partial charge in [-0.15, -0.1) is 0 Å². The van der Waals surface area contributed by atoms with Crippen molar-refractivity contribution in [2.45, 2.75) is 24.0 Å². The summed E-state index contributed by atoms with van der Waals surface area (Å²) in [5, 5.41) is 9.11. The molecule has 0 fully saturated rings. The van der Waals surface area contributed by atoms with E-state index in [0.29, 0.717) is 0 Å². The molecule has 1 aromatic rings. The second-order valence-corrected chi connectivity index (χ2v) is 5.42. The second kappa shape index (κ2) is 5.54. The van der Waals surface area contributed by atoms with E-state index in [2.05, 4.69) is 4.72 Å². The standard InChI is InChI=1S/C10H15FN2O3S/c1-7(14)9(12)6-13-17(15,16)10-5-3-2-4-8(10)11/h2-5,7,9,13-14H,6,12H2,1H3. The summed E-state index contributed by atoms with van der Waals surface area (Å²) < 4.78 is 38.8. The van der Waals surface area contributed by atoms with Crippen LogP contribution in [0.3, 0.4) is 0 Å². The van der Waals surface area contributed by atoms with Crippen molar-refractivity contribution in [2.75, 3.05) is 6.54 Å². The Morgan fingerprint density at radius 1 is 1.47 bits per heavy atom. The van der Waals surface area contributed by atoms with Crippen LogP contribution in [0.25, 0.3) is 0 Å². The highest BCUT2D eigenvalue weighted by atomic mass is 32.2. The highest BCUT2D eigenvalue weighted by Gasteiger charge is 2.20. The van der Waals surface area contributed by atoms with Gasteiger partial charge in [0.05, 0.1) is 6.10 Å². The highest BCUT2D eigenvalue weighted by molar-refractivity contribution is 7.89. The molecule has 0 amide bonds. The van der Waals surface area contributed by atoms with Gasteiger partial charge in [-0.3, -0.25) is 0 Å². The Kier molecular flexibility index (Phi) is 4.58. The average Bonchev–Trinajstić information content (AvgIpc) is 2.26. The lowest BCUT2D eigenvalue weighted by Crippen LogP contribution is -2.43. The van der Waals surface area contributed by atoms with Crippen molar-refractivity contribution < 1.29 is 17.9 Å². The first kappa shape index (κ1) is 14.0. The Bertz CT molecular complexity index is 476. The van der Waals surface area contributed by atoms with Gasteiger partial charge in [-0.2, -0.15) is 0 Å². The minimum Gasteiger partial charge on any atom is -0.392 e. The summed E-state index contributed by atoms with van der Waals surface area (Å²) in [6.07, 6.45) is -0.849. The SMILES string of the molecule is CC(O)C(N)CNS(=O)(=O)c1ccccc1F. The first-order valence-corrected chi connectivity index (χ1v) is 6.51. The van der Waals surface area contributed by atoms with Gasteiger partial charge in [0.25, 0.3) is 0 Å². The summed E-state index contributed by atoms with van der Waals surface area (Å²) in [7, 11) is -3.94. The van der Waals surface area contributed by atoms with Crippen LogP contribution in [-0.4, -0.2) is 32.2 Å². The third-order valence-corrected chi connectivity index (χ3v) is 3.71. The predicted octanol–water partition coefficient (Wildman–Crippen LogP) is -0.188. The van der Waals surface area contributed by atoms with Crippen molar-refractivity contribution in [3.05, 3.63) is 30.1 Å². The van der Waals surface area contributed by atoms with Crippen LogP contribution in [0.1, 0.15) is 6.92 Å². The highest BCUT2D eigenvalue weighted by Crippen LogP contribution is 2.12. The molecule has 0 bridgehead atoms. The number of hydrogen-bond donors (Lipinski definition) is 3. The Hall–Kier alpha value is -1.02. The summed E-state index contributed by atoms with van der Waals surface area (Å²) in [5.41, 5.74) is 5.47. The van der Waals surface area contributed by atoms with Gasteiger partial charge in [-0.1, -0.05) is 12.1 Å². The smallest absolute Gasteiger partial charge is 0.243 e. The largest absolute Gasteiger partial charge is 0.392 e. The fourth-order valence-electron chi connectivity index (χ4n) is 1.12. The lowest BCUT2D eigenvalue weighted by atomic mass is 10.2. The zero-order valence-electron chi connectivity index (χ0n) is 9.30. The molecule has 4 N–H and O–H groups in total. The molecular weight excluding hydrogens is 247 g/mol. The number of nitrogens with two attached hydrogens (primary N) is 1. The van der Waals surface area contributed by atoms with E-state index in [0.717, 1.165) is 12.1 Å². The van der Waals surface area contributed by atoms with E-state index in [1.54, 1.807) is 0 Å². The van der Waals surface area contributed by atoms with Gasteiger partial charge in [0.15, 0.2) is 0 Å². The normalized spacial score (nSPS) is 15.5. The Morgan fingerprint density at radius 3 is 2.59 bits per heavy atom. The number of nitrogens with one attached hydrogen (secondary N) is 1. The number of halogens is 1. The van der Waals surface area contributed by atoms with E-state index in [4.69, 9.17) is 10.8 Å². The molecule has 0 saturated carbocycles. The monoisotopic (exact) mass is 262 g/mol. The predicted molar refractivity (Wildman–Crippen MR) is 61.2 cm³/mol. The molecule has 17 heavy (non-hydrogen) atoms. The van der Waals surface area contributed by atoms with Crippen LogP contribution in [-0.2, 0) is 10.0 Å². The zero-order chi connectivity index (χ0) is 13.1. The van der Waals surface area contributed by atoms with Crippen molar-refractivity contribution in [1.29, 1.82) is 0 Å². The van der Waals surface area contributed by atoms with Gasteiger partial charge in [0, 0.05) is 12.6 Å². The van der Waals surface area contributed by atoms with Crippen molar-refractivity contribution in [1.82, 2.24) is 4.72 Å². The van der Waals surface area contributed by atoms with Gasteiger partial charge < -0.3 is 10.8 Å². The third-order valence-electron chi connectivity index (χ3n) is 2.25. The Morgan fingerprint density at radius 2 is 2.06 bits per heavy atom. The maximum Gasteiger partial charge on any atom is 0.243 e. The van der Waals surface area contributed by atoms with Crippen LogP contribution in [0.4, 0.5) is 4.39 Å². The first-order valence-electron chi connectivity index (χ1n) is 5.02. The minimum atomic E-state index is -3.94. The van der Waals surface area contributed by atoms with Gasteiger partial charge >= 0.3 is 0 Å². The summed E-state index contributed by atoms with van der Waals surface area (Å²) in [6, 6.07) is 4.30. The van der Waals surface area contributed by atoms with Gasteiger partial charge in [0.1, 0.15) is 10.7 Å². The maximum absolute atomic E-state index is 13.3. The van der Waals surface area contributed by atoms with Crippen molar-refractivity contribution in [3.63, 3.8) is 0 Å². The van der Waals surface area contributed by atoms with Crippen LogP contribution in [0.2, 0.25) is 0 Å². The molecule has 0 aliphatic carbocycles. The second-order valence-electron chi connectivity index (χ2n) is 3.69. The summed E-state index contributed by atoms with van der Waals surface area (Å²) >= 11 is 0. The molecule has 0 aliphatic heterocycles. The van der Waals surface area contributed by atoms with Crippen LogP contribution in [0, 0.1) is 5.82 Å². The molecule has 0 saturated heterocycles. The zero-order valence-corrected chi connectivity index (χ0v) is 10.1. The molecule has 2 unspecified atom stereocenters. The van der Waals surface area contributed by atoms with E-state index in [-0.39, 0.29) is 6.54 Å². The number of benzene rings is 1. The van der Waals surface area contributed by atoms with Gasteiger partial charge in [-0.05, 0) is 19.1 Å². The van der Waals surface area contributed by atoms with Crippen molar-refractivity contribution in [2.24, 2.45) is 5.73 Å². The van der Waals surface area contributed by atoms with Crippen molar-refractivity contribution in [3.8, 4) is 0 Å². The Labute approximate surface area is 99.5 Å². The van der Waals surface area contributed by atoms with Crippen LogP contribution in [0.5, 0.6) is 0 Å². The van der Waals surface area contributed by atoms with Gasteiger partial charge in [-0.25, -0.2) is 17.5 Å². The van der Waals surface area contributed by atoms with Gasteiger partial charge in [0.2, 0.25) is 10.0 Å². The van der Waals surface area contributed by atoms with E-state index in [9.17, 15) is 12.8 Å². The fraction of sp³-hybridized carbons (Fsp3) is 0.400. The first-order chi connectivity index (χ1) is 7.84. The molecule has 0 spiro atoms. The minimum absolute atomic E-state index is 0.158. The molecule has 0 aromatic heterocycles. The average molecular weight is 262 g/mol.